The quantitative estimate of drug-likeness (QED) is 0.528. The highest BCUT2D eigenvalue weighted by Gasteiger charge is 2.16. The smallest absolute Gasteiger partial charge is 0.143 e. The first kappa shape index (κ1) is 17.2. The van der Waals surface area contributed by atoms with E-state index in [0.29, 0.717) is 13.0 Å². The van der Waals surface area contributed by atoms with E-state index in [1.54, 1.807) is 13.2 Å². The Hall–Kier alpha value is -3.24. The number of fused-ring (bicyclic) bond motifs is 3. The lowest BCUT2D eigenvalue weighted by Gasteiger charge is -2.02. The molecule has 0 aliphatic rings. The fourth-order valence-corrected chi connectivity index (χ4v) is 3.42. The van der Waals surface area contributed by atoms with Crippen molar-refractivity contribution in [3.05, 3.63) is 71.5 Å². The van der Waals surface area contributed by atoms with E-state index in [1.807, 2.05) is 60.7 Å². The van der Waals surface area contributed by atoms with Crippen LogP contribution in [0.5, 0.6) is 11.5 Å². The van der Waals surface area contributed by atoms with Gasteiger partial charge in [0.05, 0.1) is 7.11 Å². The zero-order valence-corrected chi connectivity index (χ0v) is 15.1. The molecule has 136 valence electrons. The Balaban J connectivity index is 1.87. The number of hydrogen-bond donors (Lipinski definition) is 2. The van der Waals surface area contributed by atoms with Gasteiger partial charge in [0, 0.05) is 21.7 Å². The molecule has 0 aliphatic carbocycles. The molecule has 0 amide bonds. The van der Waals surface area contributed by atoms with Crippen LogP contribution in [-0.4, -0.2) is 18.8 Å². The minimum Gasteiger partial charge on any atom is -0.507 e. The maximum Gasteiger partial charge on any atom is 0.143 e. The Labute approximate surface area is 157 Å². The van der Waals surface area contributed by atoms with Crippen molar-refractivity contribution in [1.82, 2.24) is 0 Å². The van der Waals surface area contributed by atoms with Crippen molar-refractivity contribution in [2.24, 2.45) is 5.73 Å². The van der Waals surface area contributed by atoms with Crippen molar-refractivity contribution >= 4 is 33.9 Å². The molecule has 0 atom stereocenters. The summed E-state index contributed by atoms with van der Waals surface area (Å²) >= 11 is 0. The van der Waals surface area contributed by atoms with Crippen molar-refractivity contribution in [1.29, 1.82) is 0 Å². The Morgan fingerprint density at radius 2 is 1.81 bits per heavy atom. The molecule has 0 fully saturated rings. The van der Waals surface area contributed by atoms with Crippen LogP contribution in [0.4, 0.5) is 0 Å². The summed E-state index contributed by atoms with van der Waals surface area (Å²) in [6.07, 6.45) is 4.61. The second-order valence-electron chi connectivity index (χ2n) is 6.41. The Kier molecular flexibility index (Phi) is 4.57. The molecule has 0 spiro atoms. The molecule has 0 radical (unpaired) electrons. The second-order valence-corrected chi connectivity index (χ2v) is 6.41. The number of rotatable bonds is 5. The number of ether oxygens (including phenoxy) is 1. The fourth-order valence-electron chi connectivity index (χ4n) is 3.42. The number of furan rings is 1. The molecule has 3 aromatic carbocycles. The molecule has 3 N–H and O–H groups in total. The predicted octanol–water partition coefficient (Wildman–Crippen LogP) is 4.97. The molecule has 1 heterocycles. The summed E-state index contributed by atoms with van der Waals surface area (Å²) in [6, 6.07) is 17.3. The lowest BCUT2D eigenvalue weighted by Crippen LogP contribution is -2.03. The average Bonchev–Trinajstić information content (AvgIpc) is 3.05. The Bertz CT molecular complexity index is 1140. The zero-order valence-electron chi connectivity index (χ0n) is 15.1. The monoisotopic (exact) mass is 359 g/mol. The van der Waals surface area contributed by atoms with E-state index in [1.165, 1.54) is 0 Å². The second kappa shape index (κ2) is 7.17. The van der Waals surface area contributed by atoms with E-state index in [2.05, 4.69) is 0 Å². The summed E-state index contributed by atoms with van der Waals surface area (Å²) in [5.41, 5.74) is 8.63. The van der Waals surface area contributed by atoms with Crippen molar-refractivity contribution in [3.63, 3.8) is 0 Å². The third kappa shape index (κ3) is 3.15. The van der Waals surface area contributed by atoms with Crippen LogP contribution < -0.4 is 10.5 Å². The minimum absolute atomic E-state index is 0.250. The van der Waals surface area contributed by atoms with E-state index >= 15 is 0 Å². The van der Waals surface area contributed by atoms with Crippen molar-refractivity contribution in [3.8, 4) is 11.5 Å². The van der Waals surface area contributed by atoms with E-state index in [9.17, 15) is 5.11 Å². The maximum atomic E-state index is 10.4. The number of phenolic OH excluding ortho intramolecular Hbond substituents is 1. The van der Waals surface area contributed by atoms with Gasteiger partial charge in [-0.15, -0.1) is 0 Å². The molecule has 0 bridgehead atoms. The van der Waals surface area contributed by atoms with Crippen LogP contribution in [0.15, 0.2) is 59.0 Å². The first-order chi connectivity index (χ1) is 13.2. The molecular formula is C23H21NO3. The number of benzene rings is 3. The Morgan fingerprint density at radius 1 is 1.00 bits per heavy atom. The largest absolute Gasteiger partial charge is 0.507 e. The van der Waals surface area contributed by atoms with Crippen molar-refractivity contribution in [2.45, 2.75) is 6.42 Å². The highest BCUT2D eigenvalue weighted by Crippen LogP contribution is 2.38. The molecule has 0 unspecified atom stereocenters. The number of hydrogen-bond acceptors (Lipinski definition) is 4. The molecule has 4 aromatic rings. The van der Waals surface area contributed by atoms with Gasteiger partial charge in [0.1, 0.15) is 22.8 Å². The molecular weight excluding hydrogens is 338 g/mol. The van der Waals surface area contributed by atoms with Gasteiger partial charge in [-0.2, -0.15) is 0 Å². The van der Waals surface area contributed by atoms with Crippen molar-refractivity contribution < 1.29 is 14.3 Å². The van der Waals surface area contributed by atoms with Crippen LogP contribution >= 0.6 is 0 Å². The van der Waals surface area contributed by atoms with E-state index < -0.39 is 0 Å². The van der Waals surface area contributed by atoms with Crippen LogP contribution in [-0.2, 0) is 6.42 Å². The summed E-state index contributed by atoms with van der Waals surface area (Å²) in [4.78, 5) is 0. The molecule has 0 saturated heterocycles. The zero-order chi connectivity index (χ0) is 18.8. The average molecular weight is 359 g/mol. The van der Waals surface area contributed by atoms with Gasteiger partial charge in [0.2, 0.25) is 0 Å². The van der Waals surface area contributed by atoms with Gasteiger partial charge in [0.25, 0.3) is 0 Å². The van der Waals surface area contributed by atoms with E-state index in [-0.39, 0.29) is 5.75 Å². The van der Waals surface area contributed by atoms with Gasteiger partial charge >= 0.3 is 0 Å². The summed E-state index contributed by atoms with van der Waals surface area (Å²) < 4.78 is 11.5. The maximum absolute atomic E-state index is 10.4. The van der Waals surface area contributed by atoms with Gasteiger partial charge in [-0.05, 0) is 42.8 Å². The Morgan fingerprint density at radius 3 is 2.59 bits per heavy atom. The number of nitrogens with two attached hydrogens (primary N) is 1. The number of aromatic hydroxyl groups is 1. The number of phenols is 1. The van der Waals surface area contributed by atoms with Crippen LogP contribution in [0.1, 0.15) is 16.9 Å². The molecule has 27 heavy (non-hydrogen) atoms. The van der Waals surface area contributed by atoms with Crippen LogP contribution in [0.2, 0.25) is 0 Å². The molecule has 1 aromatic heterocycles. The highest BCUT2D eigenvalue weighted by atomic mass is 16.5. The van der Waals surface area contributed by atoms with E-state index in [0.717, 1.165) is 44.4 Å². The SMILES string of the molecule is COc1cccc(/C=C/c2oc3c(cc(O)c4ccccc43)c2CCN)c1. The lowest BCUT2D eigenvalue weighted by atomic mass is 10.0. The molecule has 4 rings (SSSR count). The van der Waals surface area contributed by atoms with Crippen LogP contribution in [0.3, 0.4) is 0 Å². The van der Waals surface area contributed by atoms with Crippen LogP contribution in [0.25, 0.3) is 33.9 Å². The first-order valence-corrected chi connectivity index (χ1v) is 8.89. The molecule has 0 aliphatic heterocycles. The number of methoxy groups -OCH3 is 1. The van der Waals surface area contributed by atoms with Gasteiger partial charge in [-0.1, -0.05) is 42.5 Å². The minimum atomic E-state index is 0.250. The van der Waals surface area contributed by atoms with E-state index in [4.69, 9.17) is 14.9 Å². The van der Waals surface area contributed by atoms with Crippen molar-refractivity contribution in [2.75, 3.05) is 13.7 Å². The predicted molar refractivity (Wildman–Crippen MR) is 110 cm³/mol. The first-order valence-electron chi connectivity index (χ1n) is 8.89. The summed E-state index contributed by atoms with van der Waals surface area (Å²) in [5.74, 6) is 1.81. The van der Waals surface area contributed by atoms with Gasteiger partial charge in [-0.25, -0.2) is 0 Å². The third-order valence-electron chi connectivity index (χ3n) is 4.72. The molecule has 4 nitrogen and oxygen atoms in total. The highest BCUT2D eigenvalue weighted by molar-refractivity contribution is 6.09. The normalized spacial score (nSPS) is 11.6. The van der Waals surface area contributed by atoms with Gasteiger partial charge in [-0.3, -0.25) is 0 Å². The topological polar surface area (TPSA) is 68.6 Å². The van der Waals surface area contributed by atoms with Gasteiger partial charge in [0.15, 0.2) is 0 Å². The molecule has 0 saturated carbocycles. The summed E-state index contributed by atoms with van der Waals surface area (Å²) in [6.45, 7) is 0.502. The third-order valence-corrected chi connectivity index (χ3v) is 4.72. The standard InChI is InChI=1S/C23H21NO3/c1-26-16-6-4-5-15(13-16)9-10-22-18(11-12-24)20-14-21(25)17-7-2-3-8-19(17)23(20)27-22/h2-10,13-14,25H,11-12,24H2,1H3/b10-9+. The fraction of sp³-hybridized carbons (Fsp3) is 0.130. The summed E-state index contributed by atoms with van der Waals surface area (Å²) in [7, 11) is 1.65. The summed E-state index contributed by atoms with van der Waals surface area (Å²) in [5, 5.41) is 13.0. The van der Waals surface area contributed by atoms with Gasteiger partial charge < -0.3 is 20.0 Å². The lowest BCUT2D eigenvalue weighted by molar-refractivity contribution is 0.414. The molecule has 4 heteroatoms. The van der Waals surface area contributed by atoms with Crippen LogP contribution in [0, 0.1) is 0 Å².